The number of hydrogen-bond acceptors (Lipinski definition) is 17. The zero-order chi connectivity index (χ0) is 39.5. The number of nitrogens with two attached hydrogens (primary N) is 1. The van der Waals surface area contributed by atoms with E-state index in [1.54, 1.807) is 6.08 Å². The molecule has 312 valence electrons. The maximum Gasteiger partial charge on any atom is 0.192 e. The van der Waals surface area contributed by atoms with Gasteiger partial charge in [0, 0.05) is 0 Å². The van der Waals surface area contributed by atoms with Gasteiger partial charge in [0.15, 0.2) is 11.9 Å². The first-order valence-corrected chi connectivity index (χ1v) is 19.3. The van der Waals surface area contributed by atoms with E-state index in [-0.39, 0.29) is 0 Å². The molecule has 14 N–H and O–H groups in total. The smallest absolute Gasteiger partial charge is 0.192 e. The average Bonchev–Trinajstić information content (AvgIpc) is 3.15. The maximum absolute atomic E-state index is 11.9. The number of hydrogen-bond donors (Lipinski definition) is 13. The normalized spacial score (nSPS) is 41.4. The van der Waals surface area contributed by atoms with Gasteiger partial charge in [-0.05, 0) is 19.8 Å². The van der Waals surface area contributed by atoms with Crippen LogP contribution < -0.4 is 5.73 Å². The molecule has 3 rings (SSSR count). The Morgan fingerprint density at radius 1 is 0.698 bits per heavy atom. The Hall–Kier alpha value is -0.940. The van der Waals surface area contributed by atoms with Crippen molar-refractivity contribution < 1.29 is 80.2 Å². The largest absolute Gasteiger partial charge is 0.394 e. The molecule has 0 spiro atoms. The first-order chi connectivity index (χ1) is 25.2. The van der Waals surface area contributed by atoms with E-state index in [0.29, 0.717) is 6.42 Å². The molecule has 3 aliphatic rings. The van der Waals surface area contributed by atoms with Crippen LogP contribution in [-0.4, -0.2) is 184 Å². The van der Waals surface area contributed by atoms with Gasteiger partial charge in [-0.15, -0.1) is 0 Å². The van der Waals surface area contributed by atoms with Crippen molar-refractivity contribution in [3.05, 3.63) is 12.2 Å². The van der Waals surface area contributed by atoms with Crippen LogP contribution in [-0.2, 0) is 18.9 Å². The molecule has 3 saturated heterocycles. The SMILES string of the molecule is CCCCCCCCCCCCC/C=C/[C@@H](O)[C@@H](N)C(O)C1O[C@H](CO)[C@@H](O[C@@H]2O[C@H](CO)[C@H](O)[C@H](O)[C@]2(O)C2O[C@@H](C)[C@@H](O)[C@@H](O)[C@@H]2O)[C@H](O)[C@H]1O. The molecule has 3 aliphatic heterocycles. The van der Waals surface area contributed by atoms with Crippen LogP contribution in [0.2, 0.25) is 0 Å². The zero-order valence-corrected chi connectivity index (χ0v) is 30.9. The Morgan fingerprint density at radius 3 is 1.83 bits per heavy atom. The molecule has 0 aliphatic carbocycles. The summed E-state index contributed by atoms with van der Waals surface area (Å²) in [6.45, 7) is 1.70. The van der Waals surface area contributed by atoms with Crippen molar-refractivity contribution in [3.8, 4) is 0 Å². The molecule has 3 heterocycles. The molecule has 0 radical (unpaired) electrons. The van der Waals surface area contributed by atoms with E-state index < -0.39 is 123 Å². The third kappa shape index (κ3) is 11.3. The fraction of sp³-hybridized carbons (Fsp3) is 0.944. The highest BCUT2D eigenvalue weighted by atomic mass is 16.7. The van der Waals surface area contributed by atoms with Crippen LogP contribution in [0.5, 0.6) is 0 Å². The van der Waals surface area contributed by atoms with Gasteiger partial charge in [0.05, 0.1) is 31.5 Å². The van der Waals surface area contributed by atoms with E-state index >= 15 is 0 Å². The molecule has 0 aromatic heterocycles. The third-order valence-electron chi connectivity index (χ3n) is 11.0. The molecule has 0 aromatic rings. The molecule has 0 saturated carbocycles. The van der Waals surface area contributed by atoms with E-state index in [1.165, 1.54) is 64.4 Å². The maximum atomic E-state index is 11.9. The predicted octanol–water partition coefficient (Wildman–Crippen LogP) is -2.80. The zero-order valence-electron chi connectivity index (χ0n) is 30.9. The molecule has 3 fully saturated rings. The number of ether oxygens (including phenoxy) is 4. The summed E-state index contributed by atoms with van der Waals surface area (Å²) in [4.78, 5) is 0. The number of rotatable bonds is 21. The second kappa shape index (κ2) is 22.1. The topological polar surface area (TPSA) is 306 Å². The fourth-order valence-electron chi connectivity index (χ4n) is 7.41. The molecule has 0 bridgehead atoms. The Kier molecular flexibility index (Phi) is 19.4. The second-order valence-electron chi connectivity index (χ2n) is 15.0. The number of unbranched alkanes of at least 4 members (excludes halogenated alkanes) is 11. The number of allylic oxidation sites excluding steroid dienone is 1. The van der Waals surface area contributed by atoms with Gasteiger partial charge >= 0.3 is 0 Å². The lowest BCUT2D eigenvalue weighted by Crippen LogP contribution is -2.77. The highest BCUT2D eigenvalue weighted by Crippen LogP contribution is 2.41. The lowest BCUT2D eigenvalue weighted by Gasteiger charge is -2.55. The minimum Gasteiger partial charge on any atom is -0.394 e. The van der Waals surface area contributed by atoms with Crippen LogP contribution in [0.3, 0.4) is 0 Å². The minimum atomic E-state index is -2.97. The van der Waals surface area contributed by atoms with Gasteiger partial charge in [0.2, 0.25) is 0 Å². The van der Waals surface area contributed by atoms with Gasteiger partial charge in [-0.1, -0.05) is 83.3 Å². The van der Waals surface area contributed by atoms with Crippen molar-refractivity contribution in [2.45, 2.75) is 200 Å². The van der Waals surface area contributed by atoms with Crippen molar-refractivity contribution in [2.75, 3.05) is 13.2 Å². The summed E-state index contributed by atoms with van der Waals surface area (Å²) in [6, 6.07) is -1.39. The molecular formula is C36H67NO16. The van der Waals surface area contributed by atoms with Crippen molar-refractivity contribution in [2.24, 2.45) is 5.73 Å². The van der Waals surface area contributed by atoms with Crippen molar-refractivity contribution >= 4 is 0 Å². The number of aliphatic hydroxyl groups excluding tert-OH is 11. The summed E-state index contributed by atoms with van der Waals surface area (Å²) in [5.74, 6) is 0. The van der Waals surface area contributed by atoms with E-state index in [4.69, 9.17) is 24.7 Å². The first kappa shape index (κ1) is 46.4. The summed E-state index contributed by atoms with van der Waals surface area (Å²) in [5, 5.41) is 129. The Bertz CT molecular complexity index is 1060. The Labute approximate surface area is 311 Å². The van der Waals surface area contributed by atoms with Crippen molar-refractivity contribution in [1.82, 2.24) is 0 Å². The Morgan fingerprint density at radius 2 is 1.26 bits per heavy atom. The lowest BCUT2D eigenvalue weighted by atomic mass is 9.76. The summed E-state index contributed by atoms with van der Waals surface area (Å²) in [5.41, 5.74) is 3.15. The van der Waals surface area contributed by atoms with Crippen LogP contribution in [0.1, 0.15) is 90.9 Å². The quantitative estimate of drug-likeness (QED) is 0.0414. The molecule has 3 unspecified atom stereocenters. The van der Waals surface area contributed by atoms with Gasteiger partial charge < -0.3 is 86.0 Å². The molecule has 17 nitrogen and oxygen atoms in total. The minimum absolute atomic E-state index is 0.684. The highest BCUT2D eigenvalue weighted by molar-refractivity contribution is 5.11. The third-order valence-corrected chi connectivity index (χ3v) is 11.0. The second-order valence-corrected chi connectivity index (χ2v) is 15.0. The summed E-state index contributed by atoms with van der Waals surface area (Å²) >= 11 is 0. The number of aliphatic hydroxyl groups is 12. The average molecular weight is 770 g/mol. The molecule has 0 amide bonds. The van der Waals surface area contributed by atoms with Gasteiger partial charge in [-0.25, -0.2) is 0 Å². The van der Waals surface area contributed by atoms with Crippen molar-refractivity contribution in [1.29, 1.82) is 0 Å². The predicted molar refractivity (Wildman–Crippen MR) is 188 cm³/mol. The van der Waals surface area contributed by atoms with Crippen LogP contribution in [0.25, 0.3) is 0 Å². The van der Waals surface area contributed by atoms with Gasteiger partial charge in [0.25, 0.3) is 0 Å². The molecule has 18 atom stereocenters. The van der Waals surface area contributed by atoms with Crippen LogP contribution in [0.15, 0.2) is 12.2 Å². The summed E-state index contributed by atoms with van der Waals surface area (Å²) in [7, 11) is 0. The standard InChI is InChI=1S/C36H67NO16/c1-3-4-5-6-7-8-9-10-11-12-13-14-15-16-20(40)23(37)26(43)32-29(46)28(45)31(22(18-39)51-32)53-35-36(49,33(48)25(42)21(17-38)52-35)34-30(47)27(44)24(41)19(2)50-34/h15-16,19-35,38-49H,3-14,17-18,37H2,1-2H3/b16-15+/t19-,20+,21+,22+,23+,24+,25-,26?,27+,28+,29+,30-,31+,32?,33-,34?,35-,36-/m0/s1. The van der Waals surface area contributed by atoms with Crippen LogP contribution in [0.4, 0.5) is 0 Å². The molecular weight excluding hydrogens is 702 g/mol. The van der Waals surface area contributed by atoms with Gasteiger partial charge in [0.1, 0.15) is 79.4 Å². The van der Waals surface area contributed by atoms with E-state index in [0.717, 1.165) is 19.3 Å². The summed E-state index contributed by atoms with van der Waals surface area (Å²) in [6.07, 6.45) is -12.0. The van der Waals surface area contributed by atoms with Gasteiger partial charge in [-0.2, -0.15) is 0 Å². The van der Waals surface area contributed by atoms with Crippen molar-refractivity contribution in [3.63, 3.8) is 0 Å². The fourth-order valence-corrected chi connectivity index (χ4v) is 7.41. The molecule has 17 heteroatoms. The lowest BCUT2D eigenvalue weighted by molar-refractivity contribution is -0.403. The van der Waals surface area contributed by atoms with Gasteiger partial charge in [-0.3, -0.25) is 0 Å². The molecule has 0 aromatic carbocycles. The molecule has 53 heavy (non-hydrogen) atoms. The monoisotopic (exact) mass is 769 g/mol. The van der Waals surface area contributed by atoms with Crippen LogP contribution >= 0.6 is 0 Å². The van der Waals surface area contributed by atoms with E-state index in [9.17, 15) is 61.3 Å². The van der Waals surface area contributed by atoms with E-state index in [1.807, 2.05) is 0 Å². The Balaban J connectivity index is 1.61. The first-order valence-electron chi connectivity index (χ1n) is 19.3. The van der Waals surface area contributed by atoms with Crippen LogP contribution in [0, 0.1) is 0 Å². The highest BCUT2D eigenvalue weighted by Gasteiger charge is 2.65. The summed E-state index contributed by atoms with van der Waals surface area (Å²) < 4.78 is 22.6. The van der Waals surface area contributed by atoms with E-state index in [2.05, 4.69) is 6.92 Å².